The molecule has 5 heteroatoms. The molecule has 2 aromatic rings. The van der Waals surface area contributed by atoms with Gasteiger partial charge in [0.15, 0.2) is 5.82 Å². The van der Waals surface area contributed by atoms with E-state index < -0.39 is 0 Å². The lowest BCUT2D eigenvalue weighted by atomic mass is 9.83. The lowest BCUT2D eigenvalue weighted by Crippen LogP contribution is -2.20. The molecule has 106 valence electrons. The summed E-state index contributed by atoms with van der Waals surface area (Å²) >= 11 is 0. The van der Waals surface area contributed by atoms with Crippen LogP contribution in [0.1, 0.15) is 32.6 Å². The molecule has 0 spiro atoms. The number of rotatable bonds is 4. The molecule has 1 saturated carbocycles. The van der Waals surface area contributed by atoms with Gasteiger partial charge in [0.1, 0.15) is 12.7 Å². The van der Waals surface area contributed by atoms with Gasteiger partial charge in [0.25, 0.3) is 0 Å². The molecule has 3 rings (SSSR count). The van der Waals surface area contributed by atoms with Gasteiger partial charge in [0.05, 0.1) is 11.9 Å². The van der Waals surface area contributed by atoms with Gasteiger partial charge >= 0.3 is 0 Å². The fourth-order valence-electron chi connectivity index (χ4n) is 2.75. The van der Waals surface area contributed by atoms with Crippen LogP contribution in [0.25, 0.3) is 5.82 Å². The Morgan fingerprint density at radius 2 is 2.10 bits per heavy atom. The number of nitrogens with zero attached hydrogens (tertiary/aromatic N) is 4. The van der Waals surface area contributed by atoms with Crippen molar-refractivity contribution >= 4 is 5.69 Å². The molecular weight excluding hydrogens is 250 g/mol. The molecular formula is C15H21N5. The largest absolute Gasteiger partial charge is 0.384 e. The SMILES string of the molecule is CC1CCC(CNc2ccc(-n3cncn3)nc2)CC1. The van der Waals surface area contributed by atoms with Gasteiger partial charge in [0.2, 0.25) is 0 Å². The monoisotopic (exact) mass is 271 g/mol. The van der Waals surface area contributed by atoms with E-state index in [-0.39, 0.29) is 0 Å². The summed E-state index contributed by atoms with van der Waals surface area (Å²) in [4.78, 5) is 8.32. The van der Waals surface area contributed by atoms with Crippen molar-refractivity contribution in [1.29, 1.82) is 0 Å². The summed E-state index contributed by atoms with van der Waals surface area (Å²) in [5.41, 5.74) is 1.08. The molecule has 5 nitrogen and oxygen atoms in total. The van der Waals surface area contributed by atoms with Crippen LogP contribution in [0.4, 0.5) is 5.69 Å². The molecule has 0 amide bonds. The number of nitrogens with one attached hydrogen (secondary N) is 1. The van der Waals surface area contributed by atoms with E-state index in [2.05, 4.69) is 33.4 Å². The number of pyridine rings is 1. The van der Waals surface area contributed by atoms with Gasteiger partial charge in [-0.25, -0.2) is 14.6 Å². The van der Waals surface area contributed by atoms with Gasteiger partial charge in [-0.1, -0.05) is 19.8 Å². The van der Waals surface area contributed by atoms with Crippen LogP contribution in [0.15, 0.2) is 31.0 Å². The molecule has 0 saturated heterocycles. The minimum Gasteiger partial charge on any atom is -0.384 e. The second-order valence-electron chi connectivity index (χ2n) is 5.75. The molecule has 0 atom stereocenters. The fourth-order valence-corrected chi connectivity index (χ4v) is 2.75. The van der Waals surface area contributed by atoms with Crippen LogP contribution < -0.4 is 5.32 Å². The molecule has 0 radical (unpaired) electrons. The van der Waals surface area contributed by atoms with E-state index in [0.717, 1.165) is 29.9 Å². The summed E-state index contributed by atoms with van der Waals surface area (Å²) in [6.07, 6.45) is 10.5. The smallest absolute Gasteiger partial charge is 0.155 e. The lowest BCUT2D eigenvalue weighted by molar-refractivity contribution is 0.300. The summed E-state index contributed by atoms with van der Waals surface area (Å²) in [5.74, 6) is 2.51. The Labute approximate surface area is 119 Å². The van der Waals surface area contributed by atoms with E-state index in [1.807, 2.05) is 12.3 Å². The number of hydrogen-bond acceptors (Lipinski definition) is 4. The first-order valence-electron chi connectivity index (χ1n) is 7.36. The van der Waals surface area contributed by atoms with Gasteiger partial charge in [0, 0.05) is 6.54 Å². The molecule has 20 heavy (non-hydrogen) atoms. The van der Waals surface area contributed by atoms with Crippen molar-refractivity contribution in [2.75, 3.05) is 11.9 Å². The quantitative estimate of drug-likeness (QED) is 0.929. The first-order valence-corrected chi connectivity index (χ1v) is 7.36. The Morgan fingerprint density at radius 3 is 2.75 bits per heavy atom. The molecule has 0 aromatic carbocycles. The third kappa shape index (κ3) is 3.15. The van der Waals surface area contributed by atoms with E-state index >= 15 is 0 Å². The minimum absolute atomic E-state index is 0.791. The molecule has 0 bridgehead atoms. The van der Waals surface area contributed by atoms with Crippen LogP contribution in [-0.2, 0) is 0 Å². The Morgan fingerprint density at radius 1 is 1.25 bits per heavy atom. The molecule has 1 aliphatic rings. The summed E-state index contributed by atoms with van der Waals surface area (Å²) < 4.78 is 1.66. The fraction of sp³-hybridized carbons (Fsp3) is 0.533. The Bertz CT molecular complexity index is 512. The first-order chi connectivity index (χ1) is 9.81. The van der Waals surface area contributed by atoms with Crippen molar-refractivity contribution in [2.24, 2.45) is 11.8 Å². The van der Waals surface area contributed by atoms with E-state index in [0.29, 0.717) is 0 Å². The number of aromatic nitrogens is 4. The highest BCUT2D eigenvalue weighted by molar-refractivity contribution is 5.43. The highest BCUT2D eigenvalue weighted by Gasteiger charge is 2.17. The van der Waals surface area contributed by atoms with Crippen molar-refractivity contribution in [3.8, 4) is 5.82 Å². The van der Waals surface area contributed by atoms with E-state index in [4.69, 9.17) is 0 Å². The van der Waals surface area contributed by atoms with Crippen LogP contribution in [0.2, 0.25) is 0 Å². The highest BCUT2D eigenvalue weighted by Crippen LogP contribution is 2.28. The van der Waals surface area contributed by atoms with Crippen LogP contribution in [0.5, 0.6) is 0 Å². The molecule has 1 aliphatic carbocycles. The average molecular weight is 271 g/mol. The molecule has 1 fully saturated rings. The van der Waals surface area contributed by atoms with Crippen LogP contribution in [0.3, 0.4) is 0 Å². The van der Waals surface area contributed by atoms with Gasteiger partial charge in [-0.2, -0.15) is 5.10 Å². The van der Waals surface area contributed by atoms with Crippen molar-refractivity contribution in [3.05, 3.63) is 31.0 Å². The summed E-state index contributed by atoms with van der Waals surface area (Å²) in [6, 6.07) is 4.01. The van der Waals surface area contributed by atoms with Gasteiger partial charge in [-0.05, 0) is 36.8 Å². The molecule has 2 aromatic heterocycles. The van der Waals surface area contributed by atoms with Gasteiger partial charge in [-0.3, -0.25) is 0 Å². The number of anilines is 1. The Balaban J connectivity index is 1.53. The van der Waals surface area contributed by atoms with Gasteiger partial charge < -0.3 is 5.32 Å². The summed E-state index contributed by atoms with van der Waals surface area (Å²) in [5, 5.41) is 7.56. The molecule has 0 aliphatic heterocycles. The number of hydrogen-bond donors (Lipinski definition) is 1. The summed E-state index contributed by atoms with van der Waals surface area (Å²) in [6.45, 7) is 3.41. The normalized spacial score (nSPS) is 22.6. The van der Waals surface area contributed by atoms with E-state index in [9.17, 15) is 0 Å². The standard InChI is InChI=1S/C15H21N5/c1-12-2-4-13(5-3-12)8-17-14-6-7-15(18-9-14)20-11-16-10-19-20/h6-7,9-13,17H,2-5,8H2,1H3. The zero-order valence-corrected chi connectivity index (χ0v) is 11.9. The van der Waals surface area contributed by atoms with Crippen LogP contribution in [0, 0.1) is 11.8 Å². The van der Waals surface area contributed by atoms with Crippen molar-refractivity contribution in [2.45, 2.75) is 32.6 Å². The van der Waals surface area contributed by atoms with E-state index in [1.54, 1.807) is 11.0 Å². The predicted octanol–water partition coefficient (Wildman–Crippen LogP) is 2.90. The van der Waals surface area contributed by atoms with Crippen LogP contribution >= 0.6 is 0 Å². The Hall–Kier alpha value is -1.91. The maximum absolute atomic E-state index is 4.39. The first kappa shape index (κ1) is 13.1. The van der Waals surface area contributed by atoms with Crippen LogP contribution in [-0.4, -0.2) is 26.3 Å². The van der Waals surface area contributed by atoms with Gasteiger partial charge in [-0.15, -0.1) is 0 Å². The topological polar surface area (TPSA) is 55.6 Å². The highest BCUT2D eigenvalue weighted by atomic mass is 15.3. The lowest BCUT2D eigenvalue weighted by Gasteiger charge is -2.26. The van der Waals surface area contributed by atoms with Crippen molar-refractivity contribution in [1.82, 2.24) is 19.7 Å². The zero-order valence-electron chi connectivity index (χ0n) is 11.9. The third-order valence-corrected chi connectivity index (χ3v) is 4.13. The maximum Gasteiger partial charge on any atom is 0.155 e. The van der Waals surface area contributed by atoms with Crippen molar-refractivity contribution in [3.63, 3.8) is 0 Å². The third-order valence-electron chi connectivity index (χ3n) is 4.13. The molecule has 1 N–H and O–H groups in total. The zero-order chi connectivity index (χ0) is 13.8. The second-order valence-corrected chi connectivity index (χ2v) is 5.75. The molecule has 0 unspecified atom stereocenters. The maximum atomic E-state index is 4.39. The van der Waals surface area contributed by atoms with Crippen molar-refractivity contribution < 1.29 is 0 Å². The average Bonchev–Trinajstić information content (AvgIpc) is 3.01. The Kier molecular flexibility index (Phi) is 3.95. The van der Waals surface area contributed by atoms with E-state index in [1.165, 1.54) is 32.0 Å². The summed E-state index contributed by atoms with van der Waals surface area (Å²) in [7, 11) is 0. The minimum atomic E-state index is 0.791. The molecule has 2 heterocycles. The second kappa shape index (κ2) is 6.03. The predicted molar refractivity (Wildman–Crippen MR) is 78.8 cm³/mol.